The van der Waals surface area contributed by atoms with Gasteiger partial charge in [-0.15, -0.1) is 16.8 Å². The van der Waals surface area contributed by atoms with Crippen LogP contribution in [0.1, 0.15) is 29.4 Å². The molecule has 3 aromatic rings. The van der Waals surface area contributed by atoms with E-state index in [0.29, 0.717) is 24.1 Å². The molecular weight excluding hydrogens is 408 g/mol. The van der Waals surface area contributed by atoms with Gasteiger partial charge in [-0.25, -0.2) is 0 Å². The van der Waals surface area contributed by atoms with Crippen LogP contribution in [0.3, 0.4) is 0 Å². The molecule has 1 heterocycles. The molecular formula is C24H28N4O2S. The smallest absolute Gasteiger partial charge is 0.234 e. The largest absolute Gasteiger partial charge is 0.486 e. The van der Waals surface area contributed by atoms with Gasteiger partial charge < -0.3 is 10.1 Å². The van der Waals surface area contributed by atoms with E-state index in [-0.39, 0.29) is 11.7 Å². The molecule has 0 aliphatic heterocycles. The summed E-state index contributed by atoms with van der Waals surface area (Å²) in [5.74, 6) is 1.63. The standard InChI is InChI=1S/C24H28N4O2S/c1-5-13-28-22(15-30-20-10-8-19(6-2)9-11-20)26-27-24(28)31-16-23(29)25-21-12-7-17(3)14-18(21)4/h5,7-12,14H,1,6,13,15-16H2,2-4H3,(H,25,29). The first-order valence-electron chi connectivity index (χ1n) is 10.2. The van der Waals surface area contributed by atoms with Crippen LogP contribution in [0.5, 0.6) is 5.75 Å². The number of thioether (sulfide) groups is 1. The zero-order chi connectivity index (χ0) is 22.2. The predicted molar refractivity (Wildman–Crippen MR) is 126 cm³/mol. The number of anilines is 1. The molecule has 0 saturated heterocycles. The van der Waals surface area contributed by atoms with Gasteiger partial charge in [-0.3, -0.25) is 9.36 Å². The van der Waals surface area contributed by atoms with Crippen LogP contribution in [0, 0.1) is 13.8 Å². The molecule has 0 saturated carbocycles. The maximum Gasteiger partial charge on any atom is 0.234 e. The first-order chi connectivity index (χ1) is 15.0. The van der Waals surface area contributed by atoms with Crippen molar-refractivity contribution in [3.05, 3.63) is 77.6 Å². The lowest BCUT2D eigenvalue weighted by molar-refractivity contribution is -0.113. The maximum atomic E-state index is 12.4. The Labute approximate surface area is 187 Å². The van der Waals surface area contributed by atoms with E-state index >= 15 is 0 Å². The summed E-state index contributed by atoms with van der Waals surface area (Å²) in [5.41, 5.74) is 4.30. The number of allylic oxidation sites excluding steroid dienone is 1. The number of hydrogen-bond acceptors (Lipinski definition) is 5. The summed E-state index contributed by atoms with van der Waals surface area (Å²) < 4.78 is 7.79. The highest BCUT2D eigenvalue weighted by Gasteiger charge is 2.14. The Balaban J connectivity index is 1.61. The molecule has 6 nitrogen and oxygen atoms in total. The second-order valence-corrected chi connectivity index (χ2v) is 8.18. The topological polar surface area (TPSA) is 69.0 Å². The predicted octanol–water partition coefficient (Wildman–Crippen LogP) is 4.95. The van der Waals surface area contributed by atoms with Crippen molar-refractivity contribution in [3.63, 3.8) is 0 Å². The van der Waals surface area contributed by atoms with Crippen LogP contribution in [-0.2, 0) is 24.4 Å². The molecule has 3 rings (SSSR count). The average Bonchev–Trinajstić information content (AvgIpc) is 3.15. The van der Waals surface area contributed by atoms with Crippen molar-refractivity contribution < 1.29 is 9.53 Å². The second kappa shape index (κ2) is 10.8. The van der Waals surface area contributed by atoms with Gasteiger partial charge in [0.2, 0.25) is 5.91 Å². The van der Waals surface area contributed by atoms with Crippen molar-refractivity contribution in [2.24, 2.45) is 0 Å². The monoisotopic (exact) mass is 436 g/mol. The number of hydrogen-bond donors (Lipinski definition) is 1. The van der Waals surface area contributed by atoms with Crippen molar-refractivity contribution in [2.75, 3.05) is 11.1 Å². The van der Waals surface area contributed by atoms with E-state index in [1.807, 2.05) is 48.7 Å². The molecule has 0 fully saturated rings. The number of nitrogens with zero attached hydrogens (tertiary/aromatic N) is 3. The van der Waals surface area contributed by atoms with Crippen LogP contribution in [0.4, 0.5) is 5.69 Å². The van der Waals surface area contributed by atoms with Crippen LogP contribution in [0.25, 0.3) is 0 Å². The van der Waals surface area contributed by atoms with Gasteiger partial charge in [0.05, 0.1) is 5.75 Å². The Morgan fingerprint density at radius 1 is 1.19 bits per heavy atom. The molecule has 0 atom stereocenters. The molecule has 162 valence electrons. The van der Waals surface area contributed by atoms with Gasteiger partial charge in [-0.1, -0.05) is 54.6 Å². The number of aryl methyl sites for hydroxylation is 3. The minimum absolute atomic E-state index is 0.0843. The van der Waals surface area contributed by atoms with E-state index in [1.165, 1.54) is 22.9 Å². The van der Waals surface area contributed by atoms with Gasteiger partial charge in [-0.05, 0) is 49.6 Å². The molecule has 0 spiro atoms. The van der Waals surface area contributed by atoms with Crippen LogP contribution in [0.15, 0.2) is 60.3 Å². The zero-order valence-corrected chi connectivity index (χ0v) is 19.0. The summed E-state index contributed by atoms with van der Waals surface area (Å²) in [6.45, 7) is 10.8. The van der Waals surface area contributed by atoms with Gasteiger partial charge in [0, 0.05) is 12.2 Å². The normalized spacial score (nSPS) is 10.7. The van der Waals surface area contributed by atoms with Gasteiger partial charge in [0.1, 0.15) is 12.4 Å². The van der Waals surface area contributed by atoms with Gasteiger partial charge in [0.25, 0.3) is 0 Å². The number of carbonyl (C=O) groups excluding carboxylic acids is 1. The van der Waals surface area contributed by atoms with Crippen molar-refractivity contribution >= 4 is 23.4 Å². The minimum atomic E-state index is -0.0843. The number of aromatic nitrogens is 3. The molecule has 1 N–H and O–H groups in total. The Kier molecular flexibility index (Phi) is 7.89. The highest BCUT2D eigenvalue weighted by molar-refractivity contribution is 7.99. The van der Waals surface area contributed by atoms with Crippen LogP contribution in [-0.4, -0.2) is 26.4 Å². The molecule has 1 aromatic heterocycles. The Morgan fingerprint density at radius 3 is 2.65 bits per heavy atom. The Bertz CT molecular complexity index is 1040. The zero-order valence-electron chi connectivity index (χ0n) is 18.2. The highest BCUT2D eigenvalue weighted by atomic mass is 32.2. The summed E-state index contributed by atoms with van der Waals surface area (Å²) in [6, 6.07) is 14.0. The summed E-state index contributed by atoms with van der Waals surface area (Å²) in [4.78, 5) is 12.4. The SMILES string of the molecule is C=CCn1c(COc2ccc(CC)cc2)nnc1SCC(=O)Nc1ccc(C)cc1C. The molecule has 0 bridgehead atoms. The van der Waals surface area contributed by atoms with E-state index in [1.54, 1.807) is 6.08 Å². The van der Waals surface area contributed by atoms with Crippen molar-refractivity contribution in [1.29, 1.82) is 0 Å². The summed E-state index contributed by atoms with van der Waals surface area (Å²) in [5, 5.41) is 12.1. The number of rotatable bonds is 10. The fraction of sp³-hybridized carbons (Fsp3) is 0.292. The molecule has 0 unspecified atom stereocenters. The van der Waals surface area contributed by atoms with Crippen LogP contribution < -0.4 is 10.1 Å². The van der Waals surface area contributed by atoms with Gasteiger partial charge in [0.15, 0.2) is 11.0 Å². The quantitative estimate of drug-likeness (QED) is 0.360. The third kappa shape index (κ3) is 6.21. The van der Waals surface area contributed by atoms with E-state index in [0.717, 1.165) is 23.4 Å². The second-order valence-electron chi connectivity index (χ2n) is 7.24. The number of ether oxygens (including phenoxy) is 1. The lowest BCUT2D eigenvalue weighted by Crippen LogP contribution is -2.15. The lowest BCUT2D eigenvalue weighted by atomic mass is 10.1. The molecule has 2 aromatic carbocycles. The van der Waals surface area contributed by atoms with Crippen LogP contribution in [0.2, 0.25) is 0 Å². The lowest BCUT2D eigenvalue weighted by Gasteiger charge is -2.10. The van der Waals surface area contributed by atoms with Crippen molar-refractivity contribution in [2.45, 2.75) is 45.5 Å². The van der Waals surface area contributed by atoms with E-state index < -0.39 is 0 Å². The fourth-order valence-corrected chi connectivity index (χ4v) is 3.85. The molecule has 0 radical (unpaired) electrons. The number of nitrogens with one attached hydrogen (secondary N) is 1. The number of carbonyl (C=O) groups is 1. The first kappa shape index (κ1) is 22.6. The number of benzene rings is 2. The van der Waals surface area contributed by atoms with Gasteiger partial charge in [-0.2, -0.15) is 0 Å². The Morgan fingerprint density at radius 2 is 1.97 bits per heavy atom. The van der Waals surface area contributed by atoms with E-state index in [4.69, 9.17) is 4.74 Å². The molecule has 0 aliphatic rings. The van der Waals surface area contributed by atoms with Gasteiger partial charge >= 0.3 is 0 Å². The van der Waals surface area contributed by atoms with E-state index in [2.05, 4.69) is 41.1 Å². The first-order valence-corrected chi connectivity index (χ1v) is 11.2. The minimum Gasteiger partial charge on any atom is -0.486 e. The molecule has 7 heteroatoms. The van der Waals surface area contributed by atoms with Crippen LogP contribution >= 0.6 is 11.8 Å². The number of amides is 1. The summed E-state index contributed by atoms with van der Waals surface area (Å²) >= 11 is 1.34. The molecule has 0 aliphatic carbocycles. The highest BCUT2D eigenvalue weighted by Crippen LogP contribution is 2.21. The fourth-order valence-electron chi connectivity index (χ4n) is 3.08. The van der Waals surface area contributed by atoms with E-state index in [9.17, 15) is 4.79 Å². The Hall–Kier alpha value is -3.06. The summed E-state index contributed by atoms with van der Waals surface area (Å²) in [6.07, 6.45) is 2.77. The molecule has 31 heavy (non-hydrogen) atoms. The van der Waals surface area contributed by atoms with Crippen molar-refractivity contribution in [3.8, 4) is 5.75 Å². The summed E-state index contributed by atoms with van der Waals surface area (Å²) in [7, 11) is 0. The molecule has 1 amide bonds. The third-order valence-electron chi connectivity index (χ3n) is 4.79. The van der Waals surface area contributed by atoms with Crippen molar-refractivity contribution in [1.82, 2.24) is 14.8 Å². The maximum absolute atomic E-state index is 12.4. The third-order valence-corrected chi connectivity index (χ3v) is 5.76. The average molecular weight is 437 g/mol.